The van der Waals surface area contributed by atoms with Crippen molar-refractivity contribution in [2.24, 2.45) is 0 Å². The predicted octanol–water partition coefficient (Wildman–Crippen LogP) is 4.54. The van der Waals surface area contributed by atoms with E-state index < -0.39 is 22.9 Å². The van der Waals surface area contributed by atoms with Gasteiger partial charge in [-0.1, -0.05) is 39.7 Å². The highest BCUT2D eigenvalue weighted by molar-refractivity contribution is 9.10. The highest BCUT2D eigenvalue weighted by Crippen LogP contribution is 2.27. The van der Waals surface area contributed by atoms with Crippen LogP contribution in [0.25, 0.3) is 0 Å². The second-order valence-corrected chi connectivity index (χ2v) is 7.30. The number of non-ortho nitro benzene ring substituents is 1. The summed E-state index contributed by atoms with van der Waals surface area (Å²) in [5.74, 6) is -1.65. The quantitative estimate of drug-likeness (QED) is 0.255. The molecule has 0 aliphatic carbocycles. The molecular weight excluding hydrogens is 468 g/mol. The molecule has 0 aliphatic rings. The van der Waals surface area contributed by atoms with Gasteiger partial charge in [-0.15, -0.1) is 0 Å². The topological polar surface area (TPSA) is 116 Å². The number of ketones is 1. The molecule has 0 spiro atoms. The summed E-state index contributed by atoms with van der Waals surface area (Å²) in [5.41, 5.74) is 0.243. The second kappa shape index (κ2) is 10.1. The van der Waals surface area contributed by atoms with Gasteiger partial charge < -0.3 is 10.1 Å². The molecule has 0 aromatic heterocycles. The molecule has 0 aliphatic heterocycles. The summed E-state index contributed by atoms with van der Waals surface area (Å²) in [6, 6.07) is 10.3. The predicted molar refractivity (Wildman–Crippen MR) is 110 cm³/mol. The number of benzene rings is 2. The van der Waals surface area contributed by atoms with Gasteiger partial charge in [0, 0.05) is 28.6 Å². The van der Waals surface area contributed by atoms with Crippen LogP contribution in [-0.4, -0.2) is 28.7 Å². The Bertz CT molecular complexity index is 948. The van der Waals surface area contributed by atoms with Crippen LogP contribution in [0.15, 0.2) is 46.9 Å². The highest BCUT2D eigenvalue weighted by atomic mass is 79.9. The Morgan fingerprint density at radius 1 is 1.17 bits per heavy atom. The van der Waals surface area contributed by atoms with Crippen LogP contribution in [0.3, 0.4) is 0 Å². The molecule has 10 heteroatoms. The molecule has 152 valence electrons. The van der Waals surface area contributed by atoms with Gasteiger partial charge in [-0.25, -0.2) is 0 Å². The molecule has 0 saturated carbocycles. The van der Waals surface area contributed by atoms with Crippen LogP contribution in [0.2, 0.25) is 5.02 Å². The Morgan fingerprint density at radius 2 is 1.83 bits per heavy atom. The average molecular weight is 484 g/mol. The van der Waals surface area contributed by atoms with E-state index in [4.69, 9.17) is 16.3 Å². The third kappa shape index (κ3) is 6.65. The zero-order valence-electron chi connectivity index (χ0n) is 15.2. The number of nitrogens with zero attached hydrogens (tertiary/aromatic N) is 1. The van der Waals surface area contributed by atoms with Crippen molar-refractivity contribution in [1.82, 2.24) is 0 Å². The number of carbonyl (C=O) groups is 3. The Balaban J connectivity index is 1.88. The minimum absolute atomic E-state index is 0.0270. The van der Waals surface area contributed by atoms with Gasteiger partial charge >= 0.3 is 5.97 Å². The van der Waals surface area contributed by atoms with E-state index in [-0.39, 0.29) is 35.0 Å². The van der Waals surface area contributed by atoms with Gasteiger partial charge in [0.05, 0.1) is 22.1 Å². The fourth-order valence-corrected chi connectivity index (χ4v) is 2.69. The lowest BCUT2D eigenvalue weighted by molar-refractivity contribution is -0.384. The molecule has 2 aromatic rings. The molecule has 1 atom stereocenters. The van der Waals surface area contributed by atoms with Gasteiger partial charge in [0.1, 0.15) is 0 Å². The number of rotatable bonds is 8. The molecule has 1 N–H and O–H groups in total. The monoisotopic (exact) mass is 482 g/mol. The van der Waals surface area contributed by atoms with Crippen LogP contribution < -0.4 is 5.32 Å². The van der Waals surface area contributed by atoms with Gasteiger partial charge in [-0.05, 0) is 25.1 Å². The first-order chi connectivity index (χ1) is 13.7. The van der Waals surface area contributed by atoms with Crippen LogP contribution in [0.5, 0.6) is 0 Å². The second-order valence-electron chi connectivity index (χ2n) is 5.97. The van der Waals surface area contributed by atoms with Crippen molar-refractivity contribution >= 4 is 56.6 Å². The van der Waals surface area contributed by atoms with Crippen LogP contribution in [-0.2, 0) is 14.3 Å². The third-order valence-electron chi connectivity index (χ3n) is 3.82. The van der Waals surface area contributed by atoms with E-state index in [2.05, 4.69) is 21.2 Å². The van der Waals surface area contributed by atoms with Crippen LogP contribution >= 0.6 is 27.5 Å². The van der Waals surface area contributed by atoms with E-state index in [1.165, 1.54) is 19.1 Å². The summed E-state index contributed by atoms with van der Waals surface area (Å²) in [5, 5.41) is 13.3. The van der Waals surface area contributed by atoms with Crippen LogP contribution in [0.4, 0.5) is 11.4 Å². The maximum Gasteiger partial charge on any atom is 0.307 e. The Morgan fingerprint density at radius 3 is 2.45 bits per heavy atom. The molecule has 2 aromatic carbocycles. The van der Waals surface area contributed by atoms with E-state index in [0.29, 0.717) is 5.56 Å². The number of Topliss-reactive ketones (excluding diaryl/α,β-unsaturated/α-hetero) is 1. The standard InChI is InChI=1S/C19H16BrClN2O6/c1-11(19(26)22-16-10-14(23(27)28)6-7-15(16)21)29-18(25)9-8-17(24)12-2-4-13(20)5-3-12/h2-7,10-11H,8-9H2,1H3,(H,22,26). The van der Waals surface area contributed by atoms with Gasteiger partial charge in [0.25, 0.3) is 11.6 Å². The molecule has 1 amide bonds. The van der Waals surface area contributed by atoms with E-state index in [1.807, 2.05) is 0 Å². The summed E-state index contributed by atoms with van der Waals surface area (Å²) < 4.78 is 5.85. The number of amides is 1. The number of halogens is 2. The zero-order valence-corrected chi connectivity index (χ0v) is 17.5. The van der Waals surface area contributed by atoms with Crippen LogP contribution in [0, 0.1) is 10.1 Å². The highest BCUT2D eigenvalue weighted by Gasteiger charge is 2.21. The maximum absolute atomic E-state index is 12.2. The number of hydrogen-bond donors (Lipinski definition) is 1. The molecule has 8 nitrogen and oxygen atoms in total. The fraction of sp³-hybridized carbons (Fsp3) is 0.211. The molecule has 0 fully saturated rings. The first kappa shape index (κ1) is 22.5. The average Bonchev–Trinajstić information content (AvgIpc) is 2.68. The normalized spacial score (nSPS) is 11.4. The Labute approximate surface area is 179 Å². The molecular formula is C19H16BrClN2O6. The summed E-state index contributed by atoms with van der Waals surface area (Å²) >= 11 is 9.19. The van der Waals surface area contributed by atoms with Crippen molar-refractivity contribution < 1.29 is 24.0 Å². The van der Waals surface area contributed by atoms with Crippen molar-refractivity contribution in [2.45, 2.75) is 25.9 Å². The fourth-order valence-electron chi connectivity index (χ4n) is 2.26. The van der Waals surface area contributed by atoms with Crippen LogP contribution in [0.1, 0.15) is 30.1 Å². The van der Waals surface area contributed by atoms with E-state index >= 15 is 0 Å². The molecule has 29 heavy (non-hydrogen) atoms. The number of hydrogen-bond acceptors (Lipinski definition) is 6. The van der Waals surface area contributed by atoms with Gasteiger partial charge in [0.15, 0.2) is 11.9 Å². The lowest BCUT2D eigenvalue weighted by Gasteiger charge is -2.14. The number of nitro groups is 1. The summed E-state index contributed by atoms with van der Waals surface area (Å²) in [6.45, 7) is 1.34. The molecule has 1 unspecified atom stereocenters. The SMILES string of the molecule is CC(OC(=O)CCC(=O)c1ccc(Br)cc1)C(=O)Nc1cc([N+](=O)[O-])ccc1Cl. The Hall–Kier alpha value is -2.78. The maximum atomic E-state index is 12.2. The van der Waals surface area contributed by atoms with Crippen molar-refractivity contribution in [3.05, 3.63) is 67.6 Å². The number of nitrogens with one attached hydrogen (secondary N) is 1. The minimum atomic E-state index is -1.18. The number of anilines is 1. The zero-order chi connectivity index (χ0) is 21.6. The Kier molecular flexibility index (Phi) is 7.86. The lowest BCUT2D eigenvalue weighted by atomic mass is 10.1. The first-order valence-electron chi connectivity index (χ1n) is 8.40. The smallest absolute Gasteiger partial charge is 0.307 e. The third-order valence-corrected chi connectivity index (χ3v) is 4.68. The summed E-state index contributed by atoms with van der Waals surface area (Å²) in [6.07, 6.45) is -1.43. The van der Waals surface area contributed by atoms with Crippen molar-refractivity contribution in [3.63, 3.8) is 0 Å². The number of esters is 1. The summed E-state index contributed by atoms with van der Waals surface area (Å²) in [7, 11) is 0. The van der Waals surface area contributed by atoms with E-state index in [0.717, 1.165) is 10.5 Å². The number of ether oxygens (including phenoxy) is 1. The molecule has 0 saturated heterocycles. The first-order valence-corrected chi connectivity index (χ1v) is 9.57. The minimum Gasteiger partial charge on any atom is -0.453 e. The van der Waals surface area contributed by atoms with Gasteiger partial charge in [-0.2, -0.15) is 0 Å². The summed E-state index contributed by atoms with van der Waals surface area (Å²) in [4.78, 5) is 46.4. The lowest BCUT2D eigenvalue weighted by Crippen LogP contribution is -2.30. The molecule has 0 heterocycles. The van der Waals surface area contributed by atoms with E-state index in [1.54, 1.807) is 24.3 Å². The molecule has 0 bridgehead atoms. The van der Waals surface area contributed by atoms with Crippen molar-refractivity contribution in [1.29, 1.82) is 0 Å². The number of nitro benzene ring substituents is 1. The van der Waals surface area contributed by atoms with Gasteiger partial charge in [0.2, 0.25) is 0 Å². The molecule has 0 radical (unpaired) electrons. The van der Waals surface area contributed by atoms with Crippen molar-refractivity contribution in [2.75, 3.05) is 5.32 Å². The van der Waals surface area contributed by atoms with Crippen molar-refractivity contribution in [3.8, 4) is 0 Å². The van der Waals surface area contributed by atoms with Gasteiger partial charge in [-0.3, -0.25) is 24.5 Å². The van der Waals surface area contributed by atoms with E-state index in [9.17, 15) is 24.5 Å². The number of carbonyl (C=O) groups excluding carboxylic acids is 3. The molecule has 2 rings (SSSR count). The largest absolute Gasteiger partial charge is 0.453 e.